The highest BCUT2D eigenvalue weighted by molar-refractivity contribution is 5.76. The van der Waals surface area contributed by atoms with Crippen molar-refractivity contribution in [3.63, 3.8) is 0 Å². The summed E-state index contributed by atoms with van der Waals surface area (Å²) in [6.45, 7) is 5.31. The van der Waals surface area contributed by atoms with E-state index in [1.54, 1.807) is 12.1 Å². The van der Waals surface area contributed by atoms with Crippen LogP contribution in [0.3, 0.4) is 0 Å². The Bertz CT molecular complexity index is 653. The van der Waals surface area contributed by atoms with E-state index < -0.39 is 0 Å². The highest BCUT2D eigenvalue weighted by atomic mass is 19.1. The molecule has 0 aliphatic rings. The maximum atomic E-state index is 12.8. The van der Waals surface area contributed by atoms with Crippen molar-refractivity contribution in [1.82, 2.24) is 5.32 Å². The Kier molecular flexibility index (Phi) is 6.15. The Morgan fingerprint density at radius 1 is 1.04 bits per heavy atom. The number of halogens is 1. The number of benzene rings is 2. The number of nitrogens with one attached hydrogen (secondary N) is 2. The number of amides is 1. The highest BCUT2D eigenvalue weighted by Crippen LogP contribution is 2.17. The first-order valence-corrected chi connectivity index (χ1v) is 7.87. The largest absolute Gasteiger partial charge is 0.384 e. The second kappa shape index (κ2) is 8.32. The molecule has 0 aliphatic heterocycles. The second-order valence-corrected chi connectivity index (χ2v) is 5.65. The molecule has 1 amide bonds. The zero-order chi connectivity index (χ0) is 16.7. The first-order valence-electron chi connectivity index (χ1n) is 7.87. The average molecular weight is 314 g/mol. The molecule has 0 saturated carbocycles. The minimum absolute atomic E-state index is 0.0184. The van der Waals surface area contributed by atoms with E-state index in [-0.39, 0.29) is 11.7 Å². The molecule has 0 aliphatic carbocycles. The van der Waals surface area contributed by atoms with E-state index in [0.29, 0.717) is 25.9 Å². The minimum Gasteiger partial charge on any atom is -0.384 e. The fourth-order valence-electron chi connectivity index (χ4n) is 2.34. The van der Waals surface area contributed by atoms with Crippen LogP contribution in [-0.4, -0.2) is 19.0 Å². The summed E-state index contributed by atoms with van der Waals surface area (Å²) >= 11 is 0. The van der Waals surface area contributed by atoms with Crippen molar-refractivity contribution in [2.24, 2.45) is 0 Å². The topological polar surface area (TPSA) is 41.1 Å². The predicted molar refractivity (Wildman–Crippen MR) is 92.1 cm³/mol. The first-order chi connectivity index (χ1) is 11.1. The van der Waals surface area contributed by atoms with Crippen LogP contribution in [0.2, 0.25) is 0 Å². The van der Waals surface area contributed by atoms with Gasteiger partial charge in [0.25, 0.3) is 0 Å². The second-order valence-electron chi connectivity index (χ2n) is 5.65. The third-order valence-corrected chi connectivity index (χ3v) is 3.92. The fraction of sp³-hybridized carbons (Fsp3) is 0.316. The molecular weight excluding hydrogens is 291 g/mol. The van der Waals surface area contributed by atoms with E-state index in [0.717, 1.165) is 11.3 Å². The fourth-order valence-corrected chi connectivity index (χ4v) is 2.34. The van der Waals surface area contributed by atoms with E-state index in [1.807, 2.05) is 12.1 Å². The van der Waals surface area contributed by atoms with Crippen molar-refractivity contribution in [1.29, 1.82) is 0 Å². The van der Waals surface area contributed by atoms with Gasteiger partial charge in [0.05, 0.1) is 0 Å². The van der Waals surface area contributed by atoms with Crippen LogP contribution < -0.4 is 10.6 Å². The van der Waals surface area contributed by atoms with Crippen LogP contribution in [0.15, 0.2) is 42.5 Å². The lowest BCUT2D eigenvalue weighted by molar-refractivity contribution is -0.120. The van der Waals surface area contributed by atoms with Gasteiger partial charge in [0.1, 0.15) is 5.82 Å². The number of carbonyl (C=O) groups is 1. The van der Waals surface area contributed by atoms with Crippen LogP contribution in [0.4, 0.5) is 10.1 Å². The van der Waals surface area contributed by atoms with Crippen LogP contribution in [0.25, 0.3) is 0 Å². The predicted octanol–water partition coefficient (Wildman–Crippen LogP) is 3.60. The Balaban J connectivity index is 1.67. The smallest absolute Gasteiger partial charge is 0.221 e. The third-order valence-electron chi connectivity index (χ3n) is 3.92. The van der Waals surface area contributed by atoms with Gasteiger partial charge < -0.3 is 10.6 Å². The van der Waals surface area contributed by atoms with E-state index in [9.17, 15) is 9.18 Å². The van der Waals surface area contributed by atoms with Crippen LogP contribution >= 0.6 is 0 Å². The molecule has 2 N–H and O–H groups in total. The van der Waals surface area contributed by atoms with Gasteiger partial charge in [0.2, 0.25) is 5.91 Å². The summed E-state index contributed by atoms with van der Waals surface area (Å²) in [6, 6.07) is 12.5. The molecule has 3 nitrogen and oxygen atoms in total. The van der Waals surface area contributed by atoms with Crippen LogP contribution in [0.1, 0.15) is 23.1 Å². The summed E-state index contributed by atoms with van der Waals surface area (Å²) in [5.41, 5.74) is 4.53. The molecule has 2 aromatic carbocycles. The molecule has 0 saturated heterocycles. The van der Waals surface area contributed by atoms with Crippen molar-refractivity contribution in [3.05, 3.63) is 65.0 Å². The molecule has 0 aromatic heterocycles. The normalized spacial score (nSPS) is 10.4. The number of hydrogen-bond acceptors (Lipinski definition) is 2. The van der Waals surface area contributed by atoms with Crippen LogP contribution in [0.5, 0.6) is 0 Å². The summed E-state index contributed by atoms with van der Waals surface area (Å²) in [6.07, 6.45) is 1.13. The van der Waals surface area contributed by atoms with E-state index in [1.165, 1.54) is 23.3 Å². The SMILES string of the molecule is Cc1cccc(NCCC(=O)NCCc2ccc(F)cc2)c1C. The maximum absolute atomic E-state index is 12.8. The Hall–Kier alpha value is -2.36. The summed E-state index contributed by atoms with van der Waals surface area (Å²) in [4.78, 5) is 11.8. The van der Waals surface area contributed by atoms with Gasteiger partial charge >= 0.3 is 0 Å². The molecule has 0 radical (unpaired) electrons. The summed E-state index contributed by atoms with van der Waals surface area (Å²) in [5.74, 6) is -0.222. The lowest BCUT2D eigenvalue weighted by Crippen LogP contribution is -2.27. The van der Waals surface area contributed by atoms with Gasteiger partial charge in [-0.2, -0.15) is 0 Å². The van der Waals surface area contributed by atoms with Crippen molar-refractivity contribution in [2.75, 3.05) is 18.4 Å². The minimum atomic E-state index is -0.240. The zero-order valence-corrected chi connectivity index (χ0v) is 13.7. The van der Waals surface area contributed by atoms with E-state index >= 15 is 0 Å². The van der Waals surface area contributed by atoms with E-state index in [2.05, 4.69) is 30.5 Å². The molecule has 0 unspecified atom stereocenters. The van der Waals surface area contributed by atoms with Crippen molar-refractivity contribution < 1.29 is 9.18 Å². The van der Waals surface area contributed by atoms with Gasteiger partial charge in [0, 0.05) is 25.2 Å². The van der Waals surface area contributed by atoms with Crippen LogP contribution in [0, 0.1) is 19.7 Å². The standard InChI is InChI=1S/C19H23FN2O/c1-14-4-3-5-18(15(14)2)21-13-11-19(23)22-12-10-16-6-8-17(20)9-7-16/h3-9,21H,10-13H2,1-2H3,(H,22,23). The third kappa shape index (κ3) is 5.40. The van der Waals surface area contributed by atoms with E-state index in [4.69, 9.17) is 0 Å². The number of aryl methyl sites for hydroxylation is 1. The van der Waals surface area contributed by atoms with Crippen molar-refractivity contribution in [3.8, 4) is 0 Å². The first kappa shape index (κ1) is 17.0. The average Bonchev–Trinajstić information content (AvgIpc) is 2.53. The molecule has 2 rings (SSSR count). The molecule has 2 aromatic rings. The summed E-state index contributed by atoms with van der Waals surface area (Å²) in [5, 5.41) is 6.18. The zero-order valence-electron chi connectivity index (χ0n) is 13.7. The van der Waals surface area contributed by atoms with Gasteiger partial charge in [0.15, 0.2) is 0 Å². The van der Waals surface area contributed by atoms with Crippen molar-refractivity contribution >= 4 is 11.6 Å². The molecule has 4 heteroatoms. The molecule has 122 valence electrons. The molecule has 0 fully saturated rings. The quantitative estimate of drug-likeness (QED) is 0.820. The molecule has 0 spiro atoms. The maximum Gasteiger partial charge on any atom is 0.221 e. The monoisotopic (exact) mass is 314 g/mol. The molecule has 0 bridgehead atoms. The summed E-state index contributed by atoms with van der Waals surface area (Å²) in [7, 11) is 0. The van der Waals surface area contributed by atoms with Crippen LogP contribution in [-0.2, 0) is 11.2 Å². The molecule has 23 heavy (non-hydrogen) atoms. The molecular formula is C19H23FN2O. The number of carbonyl (C=O) groups excluding carboxylic acids is 1. The number of anilines is 1. The lowest BCUT2D eigenvalue weighted by atomic mass is 10.1. The Morgan fingerprint density at radius 2 is 1.78 bits per heavy atom. The Morgan fingerprint density at radius 3 is 2.52 bits per heavy atom. The van der Waals surface area contributed by atoms with Gasteiger partial charge in [-0.15, -0.1) is 0 Å². The Labute approximate surface area is 136 Å². The van der Waals surface area contributed by atoms with Gasteiger partial charge in [-0.05, 0) is 55.2 Å². The molecule has 0 atom stereocenters. The van der Waals surface area contributed by atoms with Gasteiger partial charge in [-0.3, -0.25) is 4.79 Å². The highest BCUT2D eigenvalue weighted by Gasteiger charge is 2.03. The van der Waals surface area contributed by atoms with Gasteiger partial charge in [-0.25, -0.2) is 4.39 Å². The van der Waals surface area contributed by atoms with Crippen molar-refractivity contribution in [2.45, 2.75) is 26.7 Å². The lowest BCUT2D eigenvalue weighted by Gasteiger charge is -2.11. The number of hydrogen-bond donors (Lipinski definition) is 2. The molecule has 0 heterocycles. The summed E-state index contributed by atoms with van der Waals surface area (Å²) < 4.78 is 12.8. The number of rotatable bonds is 7. The van der Waals surface area contributed by atoms with Gasteiger partial charge in [-0.1, -0.05) is 24.3 Å².